The Morgan fingerprint density at radius 2 is 0.843 bits per heavy atom. The molecule has 0 saturated heterocycles. The maximum absolute atomic E-state index is 12.4. The molecule has 3 unspecified atom stereocenters. The van der Waals surface area contributed by atoms with Crippen molar-refractivity contribution in [2.75, 3.05) is 6.61 Å². The highest BCUT2D eigenvalue weighted by Gasteiger charge is 2.20. The van der Waals surface area contributed by atoms with Crippen molar-refractivity contribution in [2.45, 2.75) is 244 Å². The van der Waals surface area contributed by atoms with Crippen LogP contribution in [0.2, 0.25) is 0 Å². The van der Waals surface area contributed by atoms with E-state index in [4.69, 9.17) is 0 Å². The predicted molar refractivity (Wildman–Crippen MR) is 222 cm³/mol. The first-order valence-electron chi connectivity index (χ1n) is 22.3. The van der Waals surface area contributed by atoms with Gasteiger partial charge in [0.25, 0.3) is 0 Å². The Morgan fingerprint density at radius 3 is 1.25 bits per heavy atom. The van der Waals surface area contributed by atoms with Crippen molar-refractivity contribution in [3.63, 3.8) is 0 Å². The fraction of sp³-hybridized carbons (Fsp3) is 0.848. The number of carbonyl (C=O) groups is 1. The van der Waals surface area contributed by atoms with Crippen LogP contribution in [0.15, 0.2) is 36.5 Å². The summed E-state index contributed by atoms with van der Waals surface area (Å²) >= 11 is 0. The molecule has 5 nitrogen and oxygen atoms in total. The fourth-order valence-electron chi connectivity index (χ4n) is 6.72. The van der Waals surface area contributed by atoms with Gasteiger partial charge in [-0.15, -0.1) is 0 Å². The molecule has 0 heterocycles. The largest absolute Gasteiger partial charge is 0.394 e. The summed E-state index contributed by atoms with van der Waals surface area (Å²) in [6.45, 7) is 4.19. The first-order valence-corrected chi connectivity index (χ1v) is 22.3. The second-order valence-electron chi connectivity index (χ2n) is 15.3. The summed E-state index contributed by atoms with van der Waals surface area (Å²) in [5.74, 6) is -0.328. The number of aliphatic hydroxyl groups is 3. The summed E-state index contributed by atoms with van der Waals surface area (Å²) in [6, 6.07) is -0.764. The van der Waals surface area contributed by atoms with Gasteiger partial charge in [0.2, 0.25) is 5.91 Å². The number of hydrogen-bond acceptors (Lipinski definition) is 4. The quantitative estimate of drug-likeness (QED) is 0.0375. The van der Waals surface area contributed by atoms with Gasteiger partial charge in [-0.05, 0) is 44.9 Å². The highest BCUT2D eigenvalue weighted by Crippen LogP contribution is 2.16. The minimum absolute atomic E-state index is 0.00503. The Hall–Kier alpha value is -1.43. The molecule has 0 aliphatic carbocycles. The summed E-state index contributed by atoms with van der Waals surface area (Å²) in [5.41, 5.74) is 0. The second-order valence-corrected chi connectivity index (χ2v) is 15.3. The Labute approximate surface area is 317 Å². The number of unbranched alkanes of at least 4 members (excludes halogenated alkanes) is 27. The summed E-state index contributed by atoms with van der Waals surface area (Å²) in [6.07, 6.45) is 51.5. The van der Waals surface area contributed by atoms with Gasteiger partial charge in [-0.25, -0.2) is 0 Å². The van der Waals surface area contributed by atoms with Crippen LogP contribution in [0, 0.1) is 0 Å². The van der Waals surface area contributed by atoms with Crippen molar-refractivity contribution < 1.29 is 20.1 Å². The van der Waals surface area contributed by atoms with Crippen LogP contribution < -0.4 is 5.32 Å². The molecule has 0 aromatic carbocycles. The lowest BCUT2D eigenvalue weighted by molar-refractivity contribution is -0.124. The second kappa shape index (κ2) is 41.3. The Morgan fingerprint density at radius 1 is 0.490 bits per heavy atom. The Balaban J connectivity index is 3.67. The van der Waals surface area contributed by atoms with Gasteiger partial charge in [0.1, 0.15) is 0 Å². The van der Waals surface area contributed by atoms with Crippen molar-refractivity contribution in [3.05, 3.63) is 36.5 Å². The van der Waals surface area contributed by atoms with E-state index in [-0.39, 0.29) is 18.9 Å². The molecular weight excluding hydrogens is 631 g/mol. The summed E-state index contributed by atoms with van der Waals surface area (Å²) in [4.78, 5) is 12.4. The molecule has 3 atom stereocenters. The molecule has 0 aliphatic rings. The minimum Gasteiger partial charge on any atom is -0.394 e. The van der Waals surface area contributed by atoms with E-state index in [0.29, 0.717) is 6.42 Å². The van der Waals surface area contributed by atoms with Crippen LogP contribution in [0.1, 0.15) is 226 Å². The molecule has 0 aromatic heterocycles. The van der Waals surface area contributed by atoms with Crippen LogP contribution in [0.25, 0.3) is 0 Å². The van der Waals surface area contributed by atoms with E-state index in [2.05, 4.69) is 43.5 Å². The molecule has 0 aromatic rings. The molecule has 0 spiro atoms. The van der Waals surface area contributed by atoms with Gasteiger partial charge in [0.05, 0.1) is 31.3 Å². The number of allylic oxidation sites excluding steroid dienone is 5. The van der Waals surface area contributed by atoms with Crippen LogP contribution in [0.4, 0.5) is 0 Å². The normalized spacial score (nSPS) is 13.9. The van der Waals surface area contributed by atoms with E-state index in [0.717, 1.165) is 38.5 Å². The smallest absolute Gasteiger partial charge is 0.222 e. The van der Waals surface area contributed by atoms with Gasteiger partial charge in [-0.1, -0.05) is 211 Å². The third-order valence-corrected chi connectivity index (χ3v) is 10.2. The van der Waals surface area contributed by atoms with Crippen molar-refractivity contribution in [1.82, 2.24) is 5.32 Å². The zero-order valence-electron chi connectivity index (χ0n) is 34.0. The van der Waals surface area contributed by atoms with Crippen molar-refractivity contribution in [1.29, 1.82) is 0 Å². The standard InChI is InChI=1S/C46H87NO4/c1-3-5-7-9-11-13-15-17-19-20-21-22-23-24-26-27-29-31-33-35-37-39-43(49)41-46(51)47-44(42-48)45(50)40-38-36-34-32-30-28-25-18-16-14-12-10-8-6-4-2/h16,18,30,32,38,40,43-45,48-50H,3-15,17,19-29,31,33-37,39,41-42H2,1-2H3,(H,47,51)/b18-16+,32-30+,40-38+. The van der Waals surface area contributed by atoms with Gasteiger partial charge < -0.3 is 20.6 Å². The topological polar surface area (TPSA) is 89.8 Å². The van der Waals surface area contributed by atoms with E-state index in [1.165, 1.54) is 161 Å². The summed E-state index contributed by atoms with van der Waals surface area (Å²) in [5, 5.41) is 33.2. The van der Waals surface area contributed by atoms with Crippen molar-refractivity contribution in [3.8, 4) is 0 Å². The molecule has 4 N–H and O–H groups in total. The van der Waals surface area contributed by atoms with Crippen LogP contribution in [0.3, 0.4) is 0 Å². The fourth-order valence-corrected chi connectivity index (χ4v) is 6.72. The zero-order valence-corrected chi connectivity index (χ0v) is 34.0. The van der Waals surface area contributed by atoms with Crippen molar-refractivity contribution >= 4 is 5.91 Å². The molecule has 1 amide bonds. The number of hydrogen-bond donors (Lipinski definition) is 4. The average Bonchev–Trinajstić information content (AvgIpc) is 3.12. The maximum Gasteiger partial charge on any atom is 0.222 e. The molecule has 300 valence electrons. The molecule has 0 radical (unpaired) electrons. The molecule has 0 rings (SSSR count). The molecule has 0 bridgehead atoms. The van der Waals surface area contributed by atoms with Crippen molar-refractivity contribution in [2.24, 2.45) is 0 Å². The van der Waals surface area contributed by atoms with Crippen LogP contribution in [-0.4, -0.2) is 46.1 Å². The molecule has 51 heavy (non-hydrogen) atoms. The van der Waals surface area contributed by atoms with Gasteiger partial charge in [-0.2, -0.15) is 0 Å². The SMILES string of the molecule is CCCCCCC/C=C/CC/C=C/CC/C=C/C(O)C(CO)NC(=O)CC(O)CCCCCCCCCCCCCCCCCCCCCCC. The van der Waals surface area contributed by atoms with E-state index < -0.39 is 18.2 Å². The van der Waals surface area contributed by atoms with E-state index in [1.54, 1.807) is 6.08 Å². The first-order chi connectivity index (χ1) is 25.0. The number of rotatable bonds is 40. The lowest BCUT2D eigenvalue weighted by atomic mass is 10.0. The van der Waals surface area contributed by atoms with Gasteiger partial charge in [-0.3, -0.25) is 4.79 Å². The highest BCUT2D eigenvalue weighted by atomic mass is 16.3. The third kappa shape index (κ3) is 38.1. The Kier molecular flexibility index (Phi) is 40.2. The summed E-state index contributed by atoms with van der Waals surface area (Å²) < 4.78 is 0. The molecule has 0 aliphatic heterocycles. The molecular formula is C46H87NO4. The van der Waals surface area contributed by atoms with E-state index >= 15 is 0 Å². The predicted octanol–water partition coefficient (Wildman–Crippen LogP) is 12.8. The van der Waals surface area contributed by atoms with E-state index in [9.17, 15) is 20.1 Å². The van der Waals surface area contributed by atoms with Crippen LogP contribution >= 0.6 is 0 Å². The molecule has 5 heteroatoms. The third-order valence-electron chi connectivity index (χ3n) is 10.2. The lowest BCUT2D eigenvalue weighted by Gasteiger charge is -2.21. The highest BCUT2D eigenvalue weighted by molar-refractivity contribution is 5.76. The van der Waals surface area contributed by atoms with Crippen LogP contribution in [-0.2, 0) is 4.79 Å². The Bertz CT molecular complexity index is 794. The minimum atomic E-state index is -0.957. The number of carbonyl (C=O) groups excluding carboxylic acids is 1. The maximum atomic E-state index is 12.4. The molecule has 0 saturated carbocycles. The van der Waals surface area contributed by atoms with Gasteiger partial charge in [0, 0.05) is 0 Å². The van der Waals surface area contributed by atoms with Gasteiger partial charge in [0.15, 0.2) is 0 Å². The number of amides is 1. The monoisotopic (exact) mass is 718 g/mol. The first kappa shape index (κ1) is 49.6. The molecule has 0 fully saturated rings. The number of nitrogens with one attached hydrogen (secondary N) is 1. The van der Waals surface area contributed by atoms with Gasteiger partial charge >= 0.3 is 0 Å². The van der Waals surface area contributed by atoms with Crippen LogP contribution in [0.5, 0.6) is 0 Å². The zero-order chi connectivity index (χ0) is 37.3. The lowest BCUT2D eigenvalue weighted by Crippen LogP contribution is -2.45. The summed E-state index contributed by atoms with van der Waals surface area (Å²) in [7, 11) is 0. The average molecular weight is 718 g/mol. The number of aliphatic hydroxyl groups excluding tert-OH is 3. The van der Waals surface area contributed by atoms with E-state index in [1.807, 2.05) is 6.08 Å².